The van der Waals surface area contributed by atoms with Gasteiger partial charge in [0.05, 0.1) is 5.60 Å². The predicted molar refractivity (Wildman–Crippen MR) is 44.3 cm³/mol. The highest BCUT2D eigenvalue weighted by Crippen LogP contribution is 2.46. The fourth-order valence-electron chi connectivity index (χ4n) is 1.52. The van der Waals surface area contributed by atoms with Crippen molar-refractivity contribution in [1.29, 1.82) is 0 Å². The quantitative estimate of drug-likeness (QED) is 0.747. The van der Waals surface area contributed by atoms with Crippen LogP contribution in [-0.2, 0) is 12.3 Å². The fourth-order valence-corrected chi connectivity index (χ4v) is 1.52. The Morgan fingerprint density at radius 3 is 2.62 bits per heavy atom. The SMILES string of the molecule is OC1(c2cccc(F)c2CF)CC1. The maximum Gasteiger partial charge on any atom is 0.129 e. The molecule has 70 valence electrons. The molecule has 1 N–H and O–H groups in total. The molecule has 0 heterocycles. The predicted octanol–water partition coefficient (Wildman–Crippen LogP) is 2.28. The van der Waals surface area contributed by atoms with Crippen LogP contribution in [0.15, 0.2) is 18.2 Å². The third-order valence-electron chi connectivity index (χ3n) is 2.48. The van der Waals surface area contributed by atoms with Crippen molar-refractivity contribution in [2.24, 2.45) is 0 Å². The smallest absolute Gasteiger partial charge is 0.129 e. The molecule has 1 aliphatic carbocycles. The van der Waals surface area contributed by atoms with Crippen LogP contribution >= 0.6 is 0 Å². The molecule has 0 atom stereocenters. The maximum atomic E-state index is 13.1. The van der Waals surface area contributed by atoms with Gasteiger partial charge in [-0.05, 0) is 24.5 Å². The van der Waals surface area contributed by atoms with E-state index in [2.05, 4.69) is 0 Å². The molecule has 0 aromatic heterocycles. The lowest BCUT2D eigenvalue weighted by Gasteiger charge is -2.12. The Bertz CT molecular complexity index is 332. The number of alkyl halides is 1. The molecule has 0 radical (unpaired) electrons. The zero-order valence-corrected chi connectivity index (χ0v) is 7.06. The topological polar surface area (TPSA) is 20.2 Å². The maximum absolute atomic E-state index is 13.1. The van der Waals surface area contributed by atoms with Crippen LogP contribution < -0.4 is 0 Å². The van der Waals surface area contributed by atoms with Crippen molar-refractivity contribution in [3.05, 3.63) is 35.1 Å². The molecule has 0 bridgehead atoms. The van der Waals surface area contributed by atoms with Gasteiger partial charge in [0, 0.05) is 5.56 Å². The van der Waals surface area contributed by atoms with Gasteiger partial charge >= 0.3 is 0 Å². The summed E-state index contributed by atoms with van der Waals surface area (Å²) in [5.41, 5.74) is -0.540. The van der Waals surface area contributed by atoms with E-state index in [4.69, 9.17) is 0 Å². The molecular weight excluding hydrogens is 174 g/mol. The minimum absolute atomic E-state index is 0.00231. The second kappa shape index (κ2) is 2.77. The van der Waals surface area contributed by atoms with E-state index >= 15 is 0 Å². The van der Waals surface area contributed by atoms with Gasteiger partial charge in [-0.2, -0.15) is 0 Å². The molecule has 0 amide bonds. The summed E-state index contributed by atoms with van der Waals surface area (Å²) in [5, 5.41) is 9.70. The first-order valence-electron chi connectivity index (χ1n) is 4.23. The van der Waals surface area contributed by atoms with Crippen molar-refractivity contribution in [3.63, 3.8) is 0 Å². The van der Waals surface area contributed by atoms with Crippen molar-refractivity contribution in [1.82, 2.24) is 0 Å². The van der Waals surface area contributed by atoms with Crippen LogP contribution in [0.5, 0.6) is 0 Å². The molecule has 1 aromatic carbocycles. The van der Waals surface area contributed by atoms with Crippen LogP contribution in [-0.4, -0.2) is 5.11 Å². The van der Waals surface area contributed by atoms with E-state index < -0.39 is 18.1 Å². The van der Waals surface area contributed by atoms with Crippen molar-refractivity contribution < 1.29 is 13.9 Å². The second-order valence-corrected chi connectivity index (χ2v) is 3.43. The zero-order chi connectivity index (χ0) is 9.47. The minimum atomic E-state index is -0.955. The number of aliphatic hydroxyl groups is 1. The summed E-state index contributed by atoms with van der Waals surface area (Å²) in [6.07, 6.45) is 1.20. The highest BCUT2D eigenvalue weighted by atomic mass is 19.1. The summed E-state index contributed by atoms with van der Waals surface area (Å²) in [7, 11) is 0. The van der Waals surface area contributed by atoms with Gasteiger partial charge in [0.15, 0.2) is 0 Å². The number of rotatable bonds is 2. The summed E-state index contributed by atoms with van der Waals surface area (Å²) in [6, 6.07) is 4.30. The van der Waals surface area contributed by atoms with Crippen LogP contribution in [0.25, 0.3) is 0 Å². The lowest BCUT2D eigenvalue weighted by Crippen LogP contribution is -2.09. The fraction of sp³-hybridized carbons (Fsp3) is 0.400. The molecule has 1 aliphatic rings. The lowest BCUT2D eigenvalue weighted by molar-refractivity contribution is 0.149. The summed E-state index contributed by atoms with van der Waals surface area (Å²) in [5.74, 6) is -0.569. The van der Waals surface area contributed by atoms with E-state index in [9.17, 15) is 13.9 Å². The van der Waals surface area contributed by atoms with E-state index in [0.29, 0.717) is 18.4 Å². The van der Waals surface area contributed by atoms with Gasteiger partial charge < -0.3 is 5.11 Å². The Morgan fingerprint density at radius 1 is 1.38 bits per heavy atom. The van der Waals surface area contributed by atoms with Gasteiger partial charge in [-0.1, -0.05) is 12.1 Å². The highest BCUT2D eigenvalue weighted by molar-refractivity contribution is 5.36. The number of halogens is 2. The van der Waals surface area contributed by atoms with E-state index in [1.807, 2.05) is 0 Å². The van der Waals surface area contributed by atoms with E-state index in [1.54, 1.807) is 6.07 Å². The highest BCUT2D eigenvalue weighted by Gasteiger charge is 2.43. The number of hydrogen-bond donors (Lipinski definition) is 1. The lowest BCUT2D eigenvalue weighted by atomic mass is 10.0. The van der Waals surface area contributed by atoms with E-state index in [0.717, 1.165) is 0 Å². The third-order valence-corrected chi connectivity index (χ3v) is 2.48. The molecule has 13 heavy (non-hydrogen) atoms. The average molecular weight is 184 g/mol. The molecule has 1 aromatic rings. The first-order valence-corrected chi connectivity index (χ1v) is 4.23. The Kier molecular flexibility index (Phi) is 1.84. The van der Waals surface area contributed by atoms with Gasteiger partial charge in [0.25, 0.3) is 0 Å². The standard InChI is InChI=1S/C10H10F2O/c11-6-7-8(10(13)4-5-10)2-1-3-9(7)12/h1-3,13H,4-6H2. The molecule has 1 nitrogen and oxygen atoms in total. The third kappa shape index (κ3) is 1.33. The molecule has 1 saturated carbocycles. The number of benzene rings is 1. The Balaban J connectivity index is 2.50. The van der Waals surface area contributed by atoms with Gasteiger partial charge in [0.1, 0.15) is 12.5 Å². The van der Waals surface area contributed by atoms with Crippen molar-refractivity contribution >= 4 is 0 Å². The Hall–Kier alpha value is -0.960. The van der Waals surface area contributed by atoms with Crippen LogP contribution in [0.1, 0.15) is 24.0 Å². The Labute approximate surface area is 75.0 Å². The molecular formula is C10H10F2O. The van der Waals surface area contributed by atoms with Crippen molar-refractivity contribution in [2.75, 3.05) is 0 Å². The molecule has 3 heteroatoms. The van der Waals surface area contributed by atoms with Crippen molar-refractivity contribution in [3.8, 4) is 0 Å². The summed E-state index contributed by atoms with van der Waals surface area (Å²) < 4.78 is 25.5. The molecule has 0 spiro atoms. The van der Waals surface area contributed by atoms with Crippen molar-refractivity contribution in [2.45, 2.75) is 25.1 Å². The first-order chi connectivity index (χ1) is 6.17. The Morgan fingerprint density at radius 2 is 2.08 bits per heavy atom. The first kappa shape index (κ1) is 8.63. The molecule has 1 fully saturated rings. The molecule has 0 aliphatic heterocycles. The van der Waals surface area contributed by atoms with Gasteiger partial charge in [-0.25, -0.2) is 8.78 Å². The number of hydrogen-bond acceptors (Lipinski definition) is 1. The van der Waals surface area contributed by atoms with E-state index in [1.165, 1.54) is 12.1 Å². The van der Waals surface area contributed by atoms with Crippen LogP contribution in [0, 0.1) is 5.82 Å². The van der Waals surface area contributed by atoms with Gasteiger partial charge in [-0.3, -0.25) is 0 Å². The van der Waals surface area contributed by atoms with Crippen LogP contribution in [0.4, 0.5) is 8.78 Å². The summed E-state index contributed by atoms with van der Waals surface area (Å²) in [4.78, 5) is 0. The van der Waals surface area contributed by atoms with Crippen LogP contribution in [0.3, 0.4) is 0 Å². The van der Waals surface area contributed by atoms with Crippen LogP contribution in [0.2, 0.25) is 0 Å². The van der Waals surface area contributed by atoms with Gasteiger partial charge in [0.2, 0.25) is 0 Å². The zero-order valence-electron chi connectivity index (χ0n) is 7.06. The average Bonchev–Trinajstić information content (AvgIpc) is 2.85. The summed E-state index contributed by atoms with van der Waals surface area (Å²) >= 11 is 0. The van der Waals surface area contributed by atoms with E-state index in [-0.39, 0.29) is 5.56 Å². The monoisotopic (exact) mass is 184 g/mol. The molecule has 0 unspecified atom stereocenters. The molecule has 2 rings (SSSR count). The minimum Gasteiger partial charge on any atom is -0.385 e. The molecule has 0 saturated heterocycles. The van der Waals surface area contributed by atoms with Gasteiger partial charge in [-0.15, -0.1) is 0 Å². The summed E-state index contributed by atoms with van der Waals surface area (Å²) in [6.45, 7) is -0.857. The normalized spacial score (nSPS) is 18.7. The largest absolute Gasteiger partial charge is 0.385 e. The second-order valence-electron chi connectivity index (χ2n) is 3.43.